The van der Waals surface area contributed by atoms with E-state index in [9.17, 15) is 9.18 Å². The molecule has 0 spiro atoms. The van der Waals surface area contributed by atoms with Crippen LogP contribution in [0.25, 0.3) is 5.69 Å². The maximum Gasteiger partial charge on any atom is 0.226 e. The minimum Gasteiger partial charge on any atom is -0.352 e. The zero-order valence-electron chi connectivity index (χ0n) is 18.8. The van der Waals surface area contributed by atoms with E-state index in [0.29, 0.717) is 11.7 Å². The van der Waals surface area contributed by atoms with Gasteiger partial charge in [0.1, 0.15) is 5.82 Å². The van der Waals surface area contributed by atoms with Crippen LogP contribution in [-0.2, 0) is 4.79 Å². The second-order valence-electron chi connectivity index (χ2n) is 8.24. The van der Waals surface area contributed by atoms with Crippen molar-refractivity contribution in [1.29, 1.82) is 0 Å². The van der Waals surface area contributed by atoms with Gasteiger partial charge in [0.25, 0.3) is 0 Å². The fraction of sp³-hybridized carbons (Fsp3) is 0.148. The van der Waals surface area contributed by atoms with E-state index in [4.69, 9.17) is 12.2 Å². The van der Waals surface area contributed by atoms with Crippen molar-refractivity contribution in [3.63, 3.8) is 0 Å². The highest BCUT2D eigenvalue weighted by molar-refractivity contribution is 7.80. The monoisotopic (exact) mass is 485 g/mol. The fourth-order valence-electron chi connectivity index (χ4n) is 4.42. The highest BCUT2D eigenvalue weighted by Crippen LogP contribution is 2.39. The van der Waals surface area contributed by atoms with Crippen molar-refractivity contribution in [2.45, 2.75) is 18.5 Å². The second-order valence-corrected chi connectivity index (χ2v) is 8.62. The number of carbonyl (C=O) groups is 1. The van der Waals surface area contributed by atoms with Crippen molar-refractivity contribution in [2.75, 3.05) is 11.9 Å². The SMILES string of the molecule is O=C(CCN1C(=S)N[C@@H](c2ccccn2)[C@@H]1c1cccn1-c1ccccc1)Nc1ccccc1F. The standard InChI is InChI=1S/C27H24FN5OS/c28-20-11-4-5-12-21(20)30-24(34)15-18-33-26(25(31-27(33)35)22-13-6-7-16-29-22)23-14-8-17-32(23)19-9-2-1-3-10-19/h1-14,16-17,25-26H,15,18H2,(H,30,34)(H,31,35)/t25-,26-/m0/s1. The first-order chi connectivity index (χ1) is 17.1. The number of pyridine rings is 1. The van der Waals surface area contributed by atoms with Crippen molar-refractivity contribution >= 4 is 28.9 Å². The summed E-state index contributed by atoms with van der Waals surface area (Å²) in [6.45, 7) is 0.361. The highest BCUT2D eigenvalue weighted by atomic mass is 32.1. The molecular weight excluding hydrogens is 461 g/mol. The molecule has 35 heavy (non-hydrogen) atoms. The quantitative estimate of drug-likeness (QED) is 0.360. The van der Waals surface area contributed by atoms with Gasteiger partial charge in [-0.25, -0.2) is 4.39 Å². The molecule has 2 N–H and O–H groups in total. The molecule has 0 radical (unpaired) electrons. The molecule has 4 aromatic rings. The molecule has 1 amide bonds. The Morgan fingerprint density at radius 3 is 2.54 bits per heavy atom. The molecule has 8 heteroatoms. The van der Waals surface area contributed by atoms with Gasteiger partial charge < -0.3 is 20.1 Å². The lowest BCUT2D eigenvalue weighted by molar-refractivity contribution is -0.116. The molecule has 6 nitrogen and oxygen atoms in total. The van der Waals surface area contributed by atoms with E-state index < -0.39 is 5.82 Å². The third-order valence-electron chi connectivity index (χ3n) is 6.04. The van der Waals surface area contributed by atoms with E-state index in [1.807, 2.05) is 65.7 Å². The molecule has 176 valence electrons. The molecule has 1 aliphatic rings. The smallest absolute Gasteiger partial charge is 0.226 e. The highest BCUT2D eigenvalue weighted by Gasteiger charge is 2.41. The van der Waals surface area contributed by atoms with Gasteiger partial charge in [-0.3, -0.25) is 9.78 Å². The minimum absolute atomic E-state index is 0.146. The first kappa shape index (κ1) is 22.7. The van der Waals surface area contributed by atoms with E-state index in [-0.39, 0.29) is 30.1 Å². The average molecular weight is 486 g/mol. The van der Waals surface area contributed by atoms with Gasteiger partial charge in [-0.1, -0.05) is 36.4 Å². The van der Waals surface area contributed by atoms with Crippen LogP contribution >= 0.6 is 12.2 Å². The van der Waals surface area contributed by atoms with Gasteiger partial charge in [0.2, 0.25) is 5.91 Å². The third kappa shape index (κ3) is 4.79. The number of hydrogen-bond acceptors (Lipinski definition) is 3. The normalized spacial score (nSPS) is 17.3. The minimum atomic E-state index is -0.465. The van der Waals surface area contributed by atoms with Gasteiger partial charge in [0, 0.05) is 36.7 Å². The van der Waals surface area contributed by atoms with Crippen LogP contribution in [0.4, 0.5) is 10.1 Å². The molecule has 5 rings (SSSR count). The molecule has 0 bridgehead atoms. The predicted octanol–water partition coefficient (Wildman–Crippen LogP) is 5.01. The number of benzene rings is 2. The maximum atomic E-state index is 14.0. The summed E-state index contributed by atoms with van der Waals surface area (Å²) in [5, 5.41) is 6.61. The number of rotatable bonds is 7. The Morgan fingerprint density at radius 1 is 1.00 bits per heavy atom. The summed E-state index contributed by atoms with van der Waals surface area (Å²) in [4.78, 5) is 19.3. The van der Waals surface area contributed by atoms with Crippen LogP contribution in [0.15, 0.2) is 97.3 Å². The number of carbonyl (C=O) groups excluding carboxylic acids is 1. The van der Waals surface area contributed by atoms with Crippen LogP contribution in [0, 0.1) is 5.82 Å². The zero-order chi connectivity index (χ0) is 24.2. The van der Waals surface area contributed by atoms with Crippen LogP contribution in [-0.4, -0.2) is 32.0 Å². The Hall–Kier alpha value is -4.04. The number of hydrogen-bond donors (Lipinski definition) is 2. The van der Waals surface area contributed by atoms with E-state index in [0.717, 1.165) is 17.1 Å². The molecule has 1 fully saturated rings. The molecule has 0 saturated carbocycles. The summed E-state index contributed by atoms with van der Waals surface area (Å²) in [7, 11) is 0. The van der Waals surface area contributed by atoms with Crippen LogP contribution in [0.2, 0.25) is 0 Å². The second kappa shape index (κ2) is 10.1. The lowest BCUT2D eigenvalue weighted by atomic mass is 10.0. The Morgan fingerprint density at radius 2 is 1.77 bits per heavy atom. The van der Waals surface area contributed by atoms with Gasteiger partial charge in [0.15, 0.2) is 5.11 Å². The summed E-state index contributed by atoms with van der Waals surface area (Å²) in [6, 6.07) is 25.7. The number of para-hydroxylation sites is 2. The predicted molar refractivity (Wildman–Crippen MR) is 138 cm³/mol. The summed E-state index contributed by atoms with van der Waals surface area (Å²) in [5.74, 6) is -0.746. The number of thiocarbonyl (C=S) groups is 1. The molecule has 1 aliphatic heterocycles. The molecule has 2 aromatic carbocycles. The molecule has 3 heterocycles. The van der Waals surface area contributed by atoms with Crippen molar-refractivity contribution in [3.8, 4) is 5.69 Å². The fourth-order valence-corrected chi connectivity index (χ4v) is 4.76. The first-order valence-corrected chi connectivity index (χ1v) is 11.8. The first-order valence-electron chi connectivity index (χ1n) is 11.4. The summed E-state index contributed by atoms with van der Waals surface area (Å²) in [6.07, 6.45) is 3.93. The Balaban J connectivity index is 1.44. The Labute approximate surface area is 208 Å². The van der Waals surface area contributed by atoms with Crippen molar-refractivity contribution in [1.82, 2.24) is 19.8 Å². The van der Waals surface area contributed by atoms with E-state index in [1.54, 1.807) is 24.4 Å². The summed E-state index contributed by atoms with van der Waals surface area (Å²) >= 11 is 5.72. The van der Waals surface area contributed by atoms with Gasteiger partial charge in [-0.15, -0.1) is 0 Å². The number of halogens is 1. The van der Waals surface area contributed by atoms with E-state index in [1.165, 1.54) is 6.07 Å². The van der Waals surface area contributed by atoms with E-state index >= 15 is 0 Å². The molecule has 0 aliphatic carbocycles. The number of anilines is 1. The Bertz CT molecular complexity index is 1330. The summed E-state index contributed by atoms with van der Waals surface area (Å²) in [5.41, 5.74) is 3.08. The molecule has 0 unspecified atom stereocenters. The number of nitrogens with one attached hydrogen (secondary N) is 2. The zero-order valence-corrected chi connectivity index (χ0v) is 19.7. The largest absolute Gasteiger partial charge is 0.352 e. The number of nitrogens with zero attached hydrogens (tertiary/aromatic N) is 3. The maximum absolute atomic E-state index is 14.0. The van der Waals surface area contributed by atoms with Crippen molar-refractivity contribution in [2.24, 2.45) is 0 Å². The van der Waals surface area contributed by atoms with Gasteiger partial charge in [-0.2, -0.15) is 0 Å². The lowest BCUT2D eigenvalue weighted by Crippen LogP contribution is -2.33. The third-order valence-corrected chi connectivity index (χ3v) is 6.40. The van der Waals surface area contributed by atoms with Crippen molar-refractivity contribution in [3.05, 3.63) is 115 Å². The van der Waals surface area contributed by atoms with Crippen LogP contribution in [0.5, 0.6) is 0 Å². The lowest BCUT2D eigenvalue weighted by Gasteiger charge is -2.28. The molecule has 2 atom stereocenters. The topological polar surface area (TPSA) is 62.2 Å². The Kier molecular flexibility index (Phi) is 6.54. The molecular formula is C27H24FN5OS. The number of aromatic nitrogens is 2. The number of amides is 1. The molecule has 1 saturated heterocycles. The van der Waals surface area contributed by atoms with Gasteiger partial charge >= 0.3 is 0 Å². The van der Waals surface area contributed by atoms with Crippen LogP contribution < -0.4 is 10.6 Å². The van der Waals surface area contributed by atoms with Gasteiger partial charge in [0.05, 0.1) is 23.5 Å². The van der Waals surface area contributed by atoms with Crippen LogP contribution in [0.1, 0.15) is 29.9 Å². The van der Waals surface area contributed by atoms with E-state index in [2.05, 4.69) is 26.3 Å². The van der Waals surface area contributed by atoms with Crippen molar-refractivity contribution < 1.29 is 9.18 Å². The molecule has 2 aromatic heterocycles. The summed E-state index contributed by atoms with van der Waals surface area (Å²) < 4.78 is 16.1. The van der Waals surface area contributed by atoms with Gasteiger partial charge in [-0.05, 0) is 60.7 Å². The van der Waals surface area contributed by atoms with Crippen LogP contribution in [0.3, 0.4) is 0 Å². The average Bonchev–Trinajstić information content (AvgIpc) is 3.49.